The average molecular weight is 204 g/mol. The highest BCUT2D eigenvalue weighted by molar-refractivity contribution is 9.10. The first-order chi connectivity index (χ1) is 4.74. The molecule has 0 aliphatic carbocycles. The van der Waals surface area contributed by atoms with E-state index in [0.717, 1.165) is 0 Å². The Morgan fingerprint density at radius 1 is 1.60 bits per heavy atom. The molecule has 0 spiro atoms. The lowest BCUT2D eigenvalue weighted by atomic mass is 10.2. The summed E-state index contributed by atoms with van der Waals surface area (Å²) in [7, 11) is 0. The van der Waals surface area contributed by atoms with Crippen LogP contribution in [0.2, 0.25) is 0 Å². The molecule has 1 nitrogen and oxygen atoms in total. The molecule has 0 atom stereocenters. The molecule has 1 aromatic heterocycles. The fourth-order valence-electron chi connectivity index (χ4n) is 0.705. The monoisotopic (exact) mass is 203 g/mol. The molecule has 0 aliphatic rings. The maximum Gasteiger partial charge on any atom is 0.217 e. The highest BCUT2D eigenvalue weighted by atomic mass is 79.9. The lowest BCUT2D eigenvalue weighted by Gasteiger charge is -1.96. The third kappa shape index (κ3) is 1.53. The highest BCUT2D eigenvalue weighted by Crippen LogP contribution is 2.10. The molecule has 0 N–H and O–H groups in total. The second kappa shape index (κ2) is 3.10. The molecule has 1 aromatic rings. The van der Waals surface area contributed by atoms with Crippen LogP contribution >= 0.6 is 15.9 Å². The normalized spacial score (nSPS) is 9.90. The summed E-state index contributed by atoms with van der Waals surface area (Å²) in [5.74, 6) is -0.378. The van der Waals surface area contributed by atoms with E-state index in [1.165, 1.54) is 0 Å². The summed E-state index contributed by atoms with van der Waals surface area (Å²) in [4.78, 5) is 3.59. The van der Waals surface area contributed by atoms with E-state index in [9.17, 15) is 4.39 Å². The first-order valence-corrected chi connectivity index (χ1v) is 3.84. The van der Waals surface area contributed by atoms with Crippen LogP contribution in [-0.4, -0.2) is 4.98 Å². The first kappa shape index (κ1) is 7.66. The summed E-state index contributed by atoms with van der Waals surface area (Å²) in [6.07, 6.45) is 0.687. The SMILES string of the molecule is CCc1ccc(Br)nc1F. The number of pyridine rings is 1. The Morgan fingerprint density at radius 2 is 2.30 bits per heavy atom. The largest absolute Gasteiger partial charge is 0.217 e. The molecule has 0 saturated carbocycles. The molecule has 0 unspecified atom stereocenters. The molecule has 3 heteroatoms. The predicted molar refractivity (Wildman–Crippen MR) is 41.3 cm³/mol. The second-order valence-electron chi connectivity index (χ2n) is 1.94. The number of rotatable bonds is 1. The summed E-state index contributed by atoms with van der Waals surface area (Å²) >= 11 is 3.07. The molecule has 0 fully saturated rings. The topological polar surface area (TPSA) is 12.9 Å². The molecule has 1 heterocycles. The first-order valence-electron chi connectivity index (χ1n) is 3.05. The Bertz CT molecular complexity index is 237. The third-order valence-corrected chi connectivity index (χ3v) is 1.71. The van der Waals surface area contributed by atoms with Crippen molar-refractivity contribution in [2.75, 3.05) is 0 Å². The predicted octanol–water partition coefficient (Wildman–Crippen LogP) is 2.55. The van der Waals surface area contributed by atoms with E-state index in [2.05, 4.69) is 20.9 Å². The van der Waals surface area contributed by atoms with Gasteiger partial charge in [-0.2, -0.15) is 4.39 Å². The van der Waals surface area contributed by atoms with Crippen molar-refractivity contribution in [3.63, 3.8) is 0 Å². The third-order valence-electron chi connectivity index (χ3n) is 1.27. The Labute approximate surface area is 67.4 Å². The molecule has 10 heavy (non-hydrogen) atoms. The van der Waals surface area contributed by atoms with Gasteiger partial charge >= 0.3 is 0 Å². The van der Waals surface area contributed by atoms with Crippen LogP contribution in [0.25, 0.3) is 0 Å². The number of aryl methyl sites for hydroxylation is 1. The van der Waals surface area contributed by atoms with Gasteiger partial charge in [-0.25, -0.2) is 4.98 Å². The van der Waals surface area contributed by atoms with Crippen molar-refractivity contribution in [2.24, 2.45) is 0 Å². The van der Waals surface area contributed by atoms with E-state index < -0.39 is 0 Å². The van der Waals surface area contributed by atoms with Crippen molar-refractivity contribution >= 4 is 15.9 Å². The molecule has 0 radical (unpaired) electrons. The Balaban J connectivity index is 3.07. The lowest BCUT2D eigenvalue weighted by Crippen LogP contribution is -1.91. The van der Waals surface area contributed by atoms with Gasteiger partial charge in [0, 0.05) is 5.56 Å². The van der Waals surface area contributed by atoms with Crippen LogP contribution in [-0.2, 0) is 6.42 Å². The van der Waals surface area contributed by atoms with Gasteiger partial charge in [-0.05, 0) is 28.4 Å². The van der Waals surface area contributed by atoms with Gasteiger partial charge in [0.05, 0.1) is 0 Å². The van der Waals surface area contributed by atoms with Crippen LogP contribution in [0.5, 0.6) is 0 Å². The zero-order chi connectivity index (χ0) is 7.56. The fourth-order valence-corrected chi connectivity index (χ4v) is 0.993. The van der Waals surface area contributed by atoms with Crippen molar-refractivity contribution in [1.82, 2.24) is 4.98 Å². The quantitative estimate of drug-likeness (QED) is 0.640. The zero-order valence-corrected chi connectivity index (χ0v) is 7.15. The van der Waals surface area contributed by atoms with Crippen LogP contribution in [0.4, 0.5) is 4.39 Å². The van der Waals surface area contributed by atoms with Crippen LogP contribution in [0.3, 0.4) is 0 Å². The molecule has 0 amide bonds. The van der Waals surface area contributed by atoms with Gasteiger partial charge in [0.2, 0.25) is 5.95 Å². The van der Waals surface area contributed by atoms with Crippen molar-refractivity contribution < 1.29 is 4.39 Å². The van der Waals surface area contributed by atoms with Gasteiger partial charge in [0.15, 0.2) is 0 Å². The Morgan fingerprint density at radius 3 is 2.80 bits per heavy atom. The highest BCUT2D eigenvalue weighted by Gasteiger charge is 1.99. The van der Waals surface area contributed by atoms with E-state index in [1.54, 1.807) is 12.1 Å². The van der Waals surface area contributed by atoms with E-state index >= 15 is 0 Å². The van der Waals surface area contributed by atoms with Gasteiger partial charge in [0.25, 0.3) is 0 Å². The maximum absolute atomic E-state index is 12.7. The van der Waals surface area contributed by atoms with Crippen LogP contribution in [0, 0.1) is 5.95 Å². The average Bonchev–Trinajstić information content (AvgIpc) is 1.88. The van der Waals surface area contributed by atoms with Crippen LogP contribution in [0.15, 0.2) is 16.7 Å². The van der Waals surface area contributed by atoms with Gasteiger partial charge in [-0.15, -0.1) is 0 Å². The number of hydrogen-bond acceptors (Lipinski definition) is 1. The lowest BCUT2D eigenvalue weighted by molar-refractivity contribution is 0.566. The molecule has 0 saturated heterocycles. The van der Waals surface area contributed by atoms with Gasteiger partial charge in [-0.3, -0.25) is 0 Å². The number of nitrogens with zero attached hydrogens (tertiary/aromatic N) is 1. The van der Waals surface area contributed by atoms with Gasteiger partial charge in [0.1, 0.15) is 4.60 Å². The van der Waals surface area contributed by atoms with Crippen LogP contribution < -0.4 is 0 Å². The summed E-state index contributed by atoms with van der Waals surface area (Å²) in [6.45, 7) is 1.90. The maximum atomic E-state index is 12.7. The zero-order valence-electron chi connectivity index (χ0n) is 5.56. The van der Waals surface area contributed by atoms with E-state index in [0.29, 0.717) is 16.6 Å². The van der Waals surface area contributed by atoms with Crippen LogP contribution in [0.1, 0.15) is 12.5 Å². The van der Waals surface area contributed by atoms with Crippen molar-refractivity contribution in [1.29, 1.82) is 0 Å². The van der Waals surface area contributed by atoms with E-state index in [1.807, 2.05) is 6.92 Å². The molecule has 0 bridgehead atoms. The molecule has 54 valence electrons. The molecule has 0 aromatic carbocycles. The number of halogens is 2. The molecular weight excluding hydrogens is 197 g/mol. The van der Waals surface area contributed by atoms with Crippen molar-refractivity contribution in [3.8, 4) is 0 Å². The molecule has 0 aliphatic heterocycles. The van der Waals surface area contributed by atoms with Crippen molar-refractivity contribution in [3.05, 3.63) is 28.2 Å². The minimum atomic E-state index is -0.378. The summed E-state index contributed by atoms with van der Waals surface area (Å²) in [5.41, 5.74) is 0.656. The standard InChI is InChI=1S/C7H7BrFN/c1-2-5-3-4-6(8)10-7(5)9/h3-4H,2H2,1H3. The number of hydrogen-bond donors (Lipinski definition) is 0. The van der Waals surface area contributed by atoms with E-state index in [4.69, 9.17) is 0 Å². The fraction of sp³-hybridized carbons (Fsp3) is 0.286. The molecular formula is C7H7BrFN. The smallest absolute Gasteiger partial charge is 0.212 e. The summed E-state index contributed by atoms with van der Waals surface area (Å²) in [5, 5.41) is 0. The van der Waals surface area contributed by atoms with Gasteiger partial charge in [-0.1, -0.05) is 13.0 Å². The molecule has 1 rings (SSSR count). The van der Waals surface area contributed by atoms with E-state index in [-0.39, 0.29) is 5.95 Å². The minimum Gasteiger partial charge on any atom is -0.212 e. The summed E-state index contributed by atoms with van der Waals surface area (Å²) < 4.78 is 13.3. The summed E-state index contributed by atoms with van der Waals surface area (Å²) in [6, 6.07) is 3.47. The van der Waals surface area contributed by atoms with Crippen molar-refractivity contribution in [2.45, 2.75) is 13.3 Å². The number of aromatic nitrogens is 1. The Hall–Kier alpha value is -0.440. The Kier molecular flexibility index (Phi) is 2.38. The minimum absolute atomic E-state index is 0.378. The second-order valence-corrected chi connectivity index (χ2v) is 2.75. The van der Waals surface area contributed by atoms with Gasteiger partial charge < -0.3 is 0 Å².